The first-order valence-electron chi connectivity index (χ1n) is 10.4. The molecule has 0 aliphatic heterocycles. The molecular formula is C26H30N3+. The number of hydrogen-bond donors (Lipinski definition) is 0. The highest BCUT2D eigenvalue weighted by atomic mass is 15.1. The van der Waals surface area contributed by atoms with E-state index >= 15 is 0 Å². The van der Waals surface area contributed by atoms with Crippen LogP contribution in [0.5, 0.6) is 0 Å². The first-order valence-corrected chi connectivity index (χ1v) is 10.4. The Morgan fingerprint density at radius 1 is 0.897 bits per heavy atom. The van der Waals surface area contributed by atoms with Crippen LogP contribution in [0.1, 0.15) is 56.2 Å². The number of para-hydroxylation sites is 1. The van der Waals surface area contributed by atoms with E-state index in [2.05, 4.69) is 106 Å². The van der Waals surface area contributed by atoms with Crippen molar-refractivity contribution in [3.8, 4) is 16.9 Å². The minimum atomic E-state index is 0.441. The summed E-state index contributed by atoms with van der Waals surface area (Å²) in [6.45, 7) is 11.2. The lowest BCUT2D eigenvalue weighted by atomic mass is 9.92. The third-order valence-electron chi connectivity index (χ3n) is 5.81. The molecule has 3 nitrogen and oxygen atoms in total. The van der Waals surface area contributed by atoms with Crippen molar-refractivity contribution in [3.63, 3.8) is 0 Å². The molecule has 0 unspecified atom stereocenters. The maximum absolute atomic E-state index is 4.76. The zero-order chi connectivity index (χ0) is 20.7. The molecule has 148 valence electrons. The Morgan fingerprint density at radius 2 is 1.55 bits per heavy atom. The van der Waals surface area contributed by atoms with Crippen LogP contribution < -0.4 is 4.57 Å². The topological polar surface area (TPSA) is 21.7 Å². The third-order valence-corrected chi connectivity index (χ3v) is 5.81. The van der Waals surface area contributed by atoms with Gasteiger partial charge >= 0.3 is 0 Å². The second-order valence-corrected chi connectivity index (χ2v) is 8.56. The maximum Gasteiger partial charge on any atom is 0.214 e. The van der Waals surface area contributed by atoms with E-state index in [1.807, 2.05) is 6.33 Å². The second kappa shape index (κ2) is 7.47. The van der Waals surface area contributed by atoms with Crippen LogP contribution in [0.4, 0.5) is 0 Å². The third kappa shape index (κ3) is 3.35. The second-order valence-electron chi connectivity index (χ2n) is 8.56. The van der Waals surface area contributed by atoms with Crippen LogP contribution in [0.3, 0.4) is 0 Å². The van der Waals surface area contributed by atoms with Gasteiger partial charge in [-0.05, 0) is 41.5 Å². The van der Waals surface area contributed by atoms with Crippen molar-refractivity contribution in [3.05, 3.63) is 77.7 Å². The highest BCUT2D eigenvalue weighted by Gasteiger charge is 2.21. The molecule has 0 spiro atoms. The van der Waals surface area contributed by atoms with E-state index in [4.69, 9.17) is 4.98 Å². The Hall–Kier alpha value is -2.94. The summed E-state index contributed by atoms with van der Waals surface area (Å²) in [5.74, 6) is 0.883. The predicted octanol–water partition coefficient (Wildman–Crippen LogP) is 6.07. The van der Waals surface area contributed by atoms with Crippen LogP contribution in [0.2, 0.25) is 0 Å². The van der Waals surface area contributed by atoms with Gasteiger partial charge in [-0.25, -0.2) is 4.98 Å². The van der Waals surface area contributed by atoms with Crippen LogP contribution >= 0.6 is 0 Å². The molecule has 0 N–H and O–H groups in total. The van der Waals surface area contributed by atoms with Crippen molar-refractivity contribution in [2.24, 2.45) is 7.05 Å². The van der Waals surface area contributed by atoms with Crippen molar-refractivity contribution in [1.29, 1.82) is 0 Å². The quantitative estimate of drug-likeness (QED) is 0.391. The normalized spacial score (nSPS) is 11.7. The monoisotopic (exact) mass is 384 g/mol. The van der Waals surface area contributed by atoms with Crippen molar-refractivity contribution in [1.82, 2.24) is 9.55 Å². The van der Waals surface area contributed by atoms with Gasteiger partial charge in [-0.2, -0.15) is 4.57 Å². The minimum absolute atomic E-state index is 0.441. The molecule has 0 saturated heterocycles. The molecule has 0 saturated carbocycles. The van der Waals surface area contributed by atoms with Gasteiger partial charge in [0.1, 0.15) is 13.4 Å². The first kappa shape index (κ1) is 19.4. The highest BCUT2D eigenvalue weighted by Crippen LogP contribution is 2.33. The smallest absolute Gasteiger partial charge is 0.214 e. The highest BCUT2D eigenvalue weighted by molar-refractivity contribution is 5.80. The summed E-state index contributed by atoms with van der Waals surface area (Å²) in [5, 5.41) is 0. The largest absolute Gasteiger partial charge is 0.298 e. The van der Waals surface area contributed by atoms with Crippen molar-refractivity contribution >= 4 is 11.0 Å². The lowest BCUT2D eigenvalue weighted by Gasteiger charge is -2.20. The van der Waals surface area contributed by atoms with E-state index in [1.165, 1.54) is 33.6 Å². The van der Waals surface area contributed by atoms with Gasteiger partial charge in [0, 0.05) is 11.6 Å². The predicted molar refractivity (Wildman–Crippen MR) is 121 cm³/mol. The zero-order valence-electron chi connectivity index (χ0n) is 18.3. The number of aryl methyl sites for hydroxylation is 2. The number of imidazole rings is 1. The lowest BCUT2D eigenvalue weighted by Crippen LogP contribution is -2.30. The van der Waals surface area contributed by atoms with Gasteiger partial charge < -0.3 is 0 Å². The Kier molecular flexibility index (Phi) is 4.99. The minimum Gasteiger partial charge on any atom is -0.298 e. The van der Waals surface area contributed by atoms with E-state index in [0.717, 1.165) is 11.0 Å². The Balaban J connectivity index is 2.03. The van der Waals surface area contributed by atoms with Crippen molar-refractivity contribution in [2.75, 3.05) is 0 Å². The summed E-state index contributed by atoms with van der Waals surface area (Å²) < 4.78 is 4.47. The van der Waals surface area contributed by atoms with Gasteiger partial charge in [-0.15, -0.1) is 0 Å². The molecule has 29 heavy (non-hydrogen) atoms. The number of hydrogen-bond acceptors (Lipinski definition) is 1. The summed E-state index contributed by atoms with van der Waals surface area (Å²) in [4.78, 5) is 4.76. The molecule has 0 fully saturated rings. The van der Waals surface area contributed by atoms with Crippen LogP contribution in [0.15, 0.2) is 61.1 Å². The molecule has 2 heterocycles. The number of rotatable bonds is 4. The number of aromatic nitrogens is 3. The molecule has 2 aromatic heterocycles. The van der Waals surface area contributed by atoms with Crippen molar-refractivity contribution in [2.45, 2.75) is 46.5 Å². The molecule has 4 aromatic rings. The Bertz CT molecular complexity index is 1160. The SMILES string of the molecule is Cc1ccccc1-c1cc2c(c[n+]1C)ncn2-c1c(C(C)C)cccc1C(C)C. The van der Waals surface area contributed by atoms with Gasteiger partial charge in [-0.1, -0.05) is 64.1 Å². The van der Waals surface area contributed by atoms with Gasteiger partial charge in [-0.3, -0.25) is 4.57 Å². The fourth-order valence-electron chi connectivity index (χ4n) is 4.20. The summed E-state index contributed by atoms with van der Waals surface area (Å²) in [6, 6.07) is 17.5. The number of fused-ring (bicyclic) bond motifs is 1. The average Bonchev–Trinajstić information content (AvgIpc) is 3.09. The summed E-state index contributed by atoms with van der Waals surface area (Å²) in [7, 11) is 2.10. The van der Waals surface area contributed by atoms with Gasteiger partial charge in [0.2, 0.25) is 5.69 Å². The number of nitrogens with zero attached hydrogens (tertiary/aromatic N) is 3. The van der Waals surface area contributed by atoms with Crippen LogP contribution in [-0.2, 0) is 7.05 Å². The Morgan fingerprint density at radius 3 is 2.17 bits per heavy atom. The van der Waals surface area contributed by atoms with E-state index in [0.29, 0.717) is 11.8 Å². The molecule has 0 radical (unpaired) electrons. The molecule has 0 bridgehead atoms. The first-order chi connectivity index (χ1) is 13.9. The fourth-order valence-corrected chi connectivity index (χ4v) is 4.20. The lowest BCUT2D eigenvalue weighted by molar-refractivity contribution is -0.659. The standard InChI is InChI=1S/C26H30N3/c1-17(2)20-12-9-13-21(18(3)4)26(20)29-16-27-23-15-28(6)24(14-25(23)29)22-11-8-7-10-19(22)5/h7-18H,1-6H3/q+1. The Labute approximate surface area is 173 Å². The van der Waals surface area contributed by atoms with Gasteiger partial charge in [0.15, 0.2) is 11.7 Å². The molecule has 0 aliphatic carbocycles. The molecule has 3 heteroatoms. The van der Waals surface area contributed by atoms with Crippen LogP contribution in [0, 0.1) is 6.92 Å². The average molecular weight is 385 g/mol. The number of benzene rings is 2. The zero-order valence-corrected chi connectivity index (χ0v) is 18.3. The molecule has 0 aliphatic rings. The van der Waals surface area contributed by atoms with E-state index < -0.39 is 0 Å². The van der Waals surface area contributed by atoms with Crippen molar-refractivity contribution < 1.29 is 4.57 Å². The fraction of sp³-hybridized carbons (Fsp3) is 0.308. The van der Waals surface area contributed by atoms with E-state index in [1.54, 1.807) is 0 Å². The van der Waals surface area contributed by atoms with Crippen LogP contribution in [0.25, 0.3) is 28.0 Å². The van der Waals surface area contributed by atoms with Gasteiger partial charge in [0.25, 0.3) is 0 Å². The molecule has 2 aromatic carbocycles. The summed E-state index contributed by atoms with van der Waals surface area (Å²) >= 11 is 0. The summed E-state index contributed by atoms with van der Waals surface area (Å²) in [6.07, 6.45) is 4.13. The van der Waals surface area contributed by atoms with E-state index in [-0.39, 0.29) is 0 Å². The molecule has 0 amide bonds. The molecular weight excluding hydrogens is 354 g/mol. The number of pyridine rings is 1. The van der Waals surface area contributed by atoms with E-state index in [9.17, 15) is 0 Å². The summed E-state index contributed by atoms with van der Waals surface area (Å²) in [5.41, 5.74) is 9.90. The van der Waals surface area contributed by atoms with Gasteiger partial charge in [0.05, 0.1) is 11.2 Å². The van der Waals surface area contributed by atoms with Crippen LogP contribution in [-0.4, -0.2) is 9.55 Å². The maximum atomic E-state index is 4.76. The molecule has 4 rings (SSSR count). The molecule has 0 atom stereocenters.